The zero-order chi connectivity index (χ0) is 17.7. The predicted octanol–water partition coefficient (Wildman–Crippen LogP) is 3.01. The van der Waals surface area contributed by atoms with E-state index in [0.717, 1.165) is 0 Å². The van der Waals surface area contributed by atoms with Crippen molar-refractivity contribution in [1.29, 1.82) is 0 Å². The monoisotopic (exact) mass is 354 g/mol. The van der Waals surface area contributed by atoms with Crippen molar-refractivity contribution in [3.8, 4) is 0 Å². The molecule has 1 amide bonds. The second-order valence-electron chi connectivity index (χ2n) is 5.77. The van der Waals surface area contributed by atoms with Crippen LogP contribution in [0.5, 0.6) is 0 Å². The fraction of sp³-hybridized carbons (Fsp3) is 0.176. The highest BCUT2D eigenvalue weighted by atomic mass is 32.1. The third-order valence-electron chi connectivity index (χ3n) is 3.97. The molecule has 3 heterocycles. The van der Waals surface area contributed by atoms with E-state index in [-0.39, 0.29) is 11.5 Å². The third kappa shape index (κ3) is 2.51. The molecule has 0 bridgehead atoms. The first kappa shape index (κ1) is 15.5. The molecule has 1 N–H and O–H groups in total. The van der Waals surface area contributed by atoms with Gasteiger partial charge in [0.25, 0.3) is 11.5 Å². The van der Waals surface area contributed by atoms with Crippen molar-refractivity contribution in [1.82, 2.24) is 14.5 Å². The molecule has 7 nitrogen and oxygen atoms in total. The fourth-order valence-corrected chi connectivity index (χ4v) is 3.77. The Balaban J connectivity index is 1.72. The summed E-state index contributed by atoms with van der Waals surface area (Å²) in [7, 11) is 1.64. The summed E-state index contributed by atoms with van der Waals surface area (Å²) in [5.41, 5.74) is 2.45. The minimum atomic E-state index is -0.276. The lowest BCUT2D eigenvalue weighted by Gasteiger charge is -2.04. The molecule has 3 aromatic heterocycles. The number of nitrogens with zero attached hydrogens (tertiary/aromatic N) is 3. The van der Waals surface area contributed by atoms with Crippen LogP contribution in [0.25, 0.3) is 21.3 Å². The van der Waals surface area contributed by atoms with Crippen molar-refractivity contribution in [2.75, 3.05) is 5.32 Å². The number of oxazole rings is 1. The number of aromatic nitrogens is 3. The van der Waals surface area contributed by atoms with Gasteiger partial charge in [0.2, 0.25) is 0 Å². The van der Waals surface area contributed by atoms with E-state index in [1.54, 1.807) is 39.1 Å². The van der Waals surface area contributed by atoms with Gasteiger partial charge in [-0.2, -0.15) is 0 Å². The average molecular weight is 354 g/mol. The Hall–Kier alpha value is -3.00. The van der Waals surface area contributed by atoms with Gasteiger partial charge in [0.15, 0.2) is 11.5 Å². The van der Waals surface area contributed by atoms with Crippen LogP contribution in [0.2, 0.25) is 0 Å². The molecule has 0 aliphatic heterocycles. The first-order valence-electron chi connectivity index (χ1n) is 7.57. The van der Waals surface area contributed by atoms with Gasteiger partial charge in [-0.25, -0.2) is 9.97 Å². The molecule has 0 saturated heterocycles. The van der Waals surface area contributed by atoms with Crippen molar-refractivity contribution in [2.24, 2.45) is 7.05 Å². The van der Waals surface area contributed by atoms with E-state index in [9.17, 15) is 9.59 Å². The van der Waals surface area contributed by atoms with Crippen LogP contribution in [-0.2, 0) is 7.05 Å². The summed E-state index contributed by atoms with van der Waals surface area (Å²) in [6.07, 6.45) is 1.46. The Morgan fingerprint density at radius 3 is 2.92 bits per heavy atom. The van der Waals surface area contributed by atoms with E-state index in [1.807, 2.05) is 0 Å². The molecule has 0 aliphatic rings. The molecule has 8 heteroatoms. The smallest absolute Gasteiger partial charge is 0.266 e. The number of hydrogen-bond donors (Lipinski definition) is 1. The molecule has 4 aromatic rings. The maximum absolute atomic E-state index is 12.7. The molecule has 0 unspecified atom stereocenters. The number of anilines is 1. The van der Waals surface area contributed by atoms with E-state index in [2.05, 4.69) is 15.3 Å². The number of thiophene rings is 1. The number of fused-ring (bicyclic) bond motifs is 2. The normalized spacial score (nSPS) is 11.3. The maximum atomic E-state index is 12.7. The van der Waals surface area contributed by atoms with Crippen LogP contribution < -0.4 is 10.9 Å². The van der Waals surface area contributed by atoms with Gasteiger partial charge >= 0.3 is 0 Å². The minimum Gasteiger partial charge on any atom is -0.441 e. The molecule has 1 aromatic carbocycles. The maximum Gasteiger partial charge on any atom is 0.266 e. The van der Waals surface area contributed by atoms with Crippen LogP contribution in [0.4, 0.5) is 5.69 Å². The van der Waals surface area contributed by atoms with E-state index in [0.29, 0.717) is 43.3 Å². The molecular weight excluding hydrogens is 340 g/mol. The fourth-order valence-electron chi connectivity index (χ4n) is 2.73. The van der Waals surface area contributed by atoms with Crippen molar-refractivity contribution >= 4 is 44.2 Å². The number of carbonyl (C=O) groups is 1. The predicted molar refractivity (Wildman–Crippen MR) is 96.3 cm³/mol. The molecule has 0 radical (unpaired) electrons. The first-order valence-corrected chi connectivity index (χ1v) is 8.39. The lowest BCUT2D eigenvalue weighted by atomic mass is 10.2. The molecule has 0 spiro atoms. The van der Waals surface area contributed by atoms with Crippen molar-refractivity contribution in [3.63, 3.8) is 0 Å². The zero-order valence-corrected chi connectivity index (χ0v) is 14.6. The Bertz CT molecular complexity index is 1200. The number of aryl methyl sites for hydroxylation is 3. The summed E-state index contributed by atoms with van der Waals surface area (Å²) >= 11 is 1.21. The highest BCUT2D eigenvalue weighted by molar-refractivity contribution is 7.20. The minimum absolute atomic E-state index is 0.155. The largest absolute Gasteiger partial charge is 0.441 e. The Kier molecular flexibility index (Phi) is 3.43. The molecular formula is C17H14N4O3S. The highest BCUT2D eigenvalue weighted by Crippen LogP contribution is 2.28. The SMILES string of the molecule is Cc1nc2cc(NC(=O)c3sc4ncn(C)c(=O)c4c3C)ccc2o1. The van der Waals surface area contributed by atoms with Gasteiger partial charge in [-0.3, -0.25) is 9.59 Å². The summed E-state index contributed by atoms with van der Waals surface area (Å²) in [5.74, 6) is 0.294. The van der Waals surface area contributed by atoms with Gasteiger partial charge in [0.1, 0.15) is 10.3 Å². The Morgan fingerprint density at radius 2 is 2.12 bits per heavy atom. The topological polar surface area (TPSA) is 90.0 Å². The Labute approximate surface area is 145 Å². The van der Waals surface area contributed by atoms with Gasteiger partial charge in [0.05, 0.1) is 16.6 Å². The lowest BCUT2D eigenvalue weighted by molar-refractivity contribution is 0.103. The van der Waals surface area contributed by atoms with Gasteiger partial charge < -0.3 is 14.3 Å². The lowest BCUT2D eigenvalue weighted by Crippen LogP contribution is -2.17. The van der Waals surface area contributed by atoms with Crippen LogP contribution in [0.1, 0.15) is 21.1 Å². The average Bonchev–Trinajstić information content (AvgIpc) is 3.10. The second kappa shape index (κ2) is 5.52. The number of carbonyl (C=O) groups excluding carboxylic acids is 1. The summed E-state index contributed by atoms with van der Waals surface area (Å²) < 4.78 is 6.84. The number of nitrogens with one attached hydrogen (secondary N) is 1. The van der Waals surface area contributed by atoms with E-state index < -0.39 is 0 Å². The second-order valence-corrected chi connectivity index (χ2v) is 6.77. The van der Waals surface area contributed by atoms with Crippen molar-refractivity contribution in [2.45, 2.75) is 13.8 Å². The molecule has 0 fully saturated rings. The molecule has 0 atom stereocenters. The van der Waals surface area contributed by atoms with E-state index in [1.165, 1.54) is 22.2 Å². The number of rotatable bonds is 2. The van der Waals surface area contributed by atoms with Crippen molar-refractivity contribution in [3.05, 3.63) is 51.2 Å². The highest BCUT2D eigenvalue weighted by Gasteiger charge is 2.19. The van der Waals surface area contributed by atoms with Gasteiger partial charge in [-0.1, -0.05) is 0 Å². The van der Waals surface area contributed by atoms with Crippen molar-refractivity contribution < 1.29 is 9.21 Å². The van der Waals surface area contributed by atoms with Crippen LogP contribution in [0.15, 0.2) is 33.7 Å². The van der Waals surface area contributed by atoms with E-state index >= 15 is 0 Å². The molecule has 0 aliphatic carbocycles. The van der Waals surface area contributed by atoms with Crippen LogP contribution in [0, 0.1) is 13.8 Å². The van der Waals surface area contributed by atoms with Gasteiger partial charge in [-0.15, -0.1) is 11.3 Å². The molecule has 0 saturated carbocycles. The summed E-state index contributed by atoms with van der Waals surface area (Å²) in [4.78, 5) is 34.5. The summed E-state index contributed by atoms with van der Waals surface area (Å²) in [6, 6.07) is 5.27. The van der Waals surface area contributed by atoms with Crippen LogP contribution >= 0.6 is 11.3 Å². The molecule has 4 rings (SSSR count). The zero-order valence-electron chi connectivity index (χ0n) is 13.8. The summed E-state index contributed by atoms with van der Waals surface area (Å²) in [6.45, 7) is 3.54. The number of hydrogen-bond acceptors (Lipinski definition) is 6. The molecule has 25 heavy (non-hydrogen) atoms. The first-order chi connectivity index (χ1) is 11.9. The van der Waals surface area contributed by atoms with Crippen LogP contribution in [-0.4, -0.2) is 20.4 Å². The van der Waals surface area contributed by atoms with Crippen LogP contribution in [0.3, 0.4) is 0 Å². The quantitative estimate of drug-likeness (QED) is 0.598. The van der Waals surface area contributed by atoms with E-state index in [4.69, 9.17) is 4.42 Å². The number of amides is 1. The van der Waals surface area contributed by atoms with Gasteiger partial charge in [-0.05, 0) is 30.7 Å². The standard InChI is InChI=1S/C17H14N4O3S/c1-8-13-16(18-7-21(3)17(13)23)25-14(8)15(22)20-10-4-5-12-11(6-10)19-9(2)24-12/h4-7H,1-3H3,(H,20,22). The Morgan fingerprint density at radius 1 is 1.32 bits per heavy atom. The third-order valence-corrected chi connectivity index (χ3v) is 5.17. The number of benzene rings is 1. The summed E-state index contributed by atoms with van der Waals surface area (Å²) in [5, 5.41) is 3.34. The van der Waals surface area contributed by atoms with Gasteiger partial charge in [0, 0.05) is 19.7 Å². The molecule has 126 valence electrons.